The van der Waals surface area contributed by atoms with E-state index in [4.69, 9.17) is 0 Å². The first kappa shape index (κ1) is 8.47. The van der Waals surface area contributed by atoms with E-state index in [2.05, 4.69) is 6.92 Å². The zero-order valence-electron chi connectivity index (χ0n) is 6.18. The van der Waals surface area contributed by atoms with E-state index in [1.165, 1.54) is 0 Å². The Kier molecular flexibility index (Phi) is 4.10. The van der Waals surface area contributed by atoms with Crippen LogP contribution in [0.25, 0.3) is 0 Å². The van der Waals surface area contributed by atoms with E-state index in [9.17, 15) is 4.79 Å². The maximum atomic E-state index is 10.6. The summed E-state index contributed by atoms with van der Waals surface area (Å²) < 4.78 is 0. The fourth-order valence-electron chi connectivity index (χ4n) is 0.729. The summed E-state index contributed by atoms with van der Waals surface area (Å²) in [4.78, 5) is 12.3. The molecule has 0 bridgehead atoms. The zero-order chi connectivity index (χ0) is 7.28. The van der Waals surface area contributed by atoms with E-state index < -0.39 is 0 Å². The van der Waals surface area contributed by atoms with E-state index >= 15 is 0 Å². The molecule has 0 spiro atoms. The highest BCUT2D eigenvalue weighted by Crippen LogP contribution is 1.89. The molecule has 0 aromatic carbocycles. The van der Waals surface area contributed by atoms with E-state index in [0.29, 0.717) is 0 Å². The fraction of sp³-hybridized carbons (Fsp3) is 0.714. The Labute approximate surface area is 56.9 Å². The molecular weight excluding hydrogens is 114 g/mol. The number of rotatable bonds is 3. The van der Waals surface area contributed by atoms with Crippen LogP contribution >= 0.6 is 0 Å². The first-order valence-corrected chi connectivity index (χ1v) is 3.33. The highest BCUT2D eigenvalue weighted by molar-refractivity contribution is 5.80. The summed E-state index contributed by atoms with van der Waals surface area (Å²) >= 11 is 0. The van der Waals surface area contributed by atoms with Crippen molar-refractivity contribution in [3.8, 4) is 0 Å². The second-order valence-electron chi connectivity index (χ2n) is 1.97. The molecule has 0 aliphatic carbocycles. The van der Waals surface area contributed by atoms with E-state index in [0.717, 1.165) is 19.5 Å². The van der Waals surface area contributed by atoms with Crippen molar-refractivity contribution in [2.24, 2.45) is 0 Å². The summed E-state index contributed by atoms with van der Waals surface area (Å²) in [6, 6.07) is 0. The third-order valence-electron chi connectivity index (χ3n) is 1.23. The minimum Gasteiger partial charge on any atom is -0.343 e. The molecule has 9 heavy (non-hydrogen) atoms. The largest absolute Gasteiger partial charge is 0.343 e. The van der Waals surface area contributed by atoms with Crippen LogP contribution in [0.15, 0.2) is 0 Å². The quantitative estimate of drug-likeness (QED) is 0.557. The van der Waals surface area contributed by atoms with E-state index in [1.807, 2.05) is 13.8 Å². The van der Waals surface area contributed by atoms with Gasteiger partial charge in [0.15, 0.2) is 0 Å². The van der Waals surface area contributed by atoms with Crippen LogP contribution in [-0.2, 0) is 4.79 Å². The number of carbonyl (C=O) groups is 1. The SMILES string of the molecule is [CH2]C(=O)N(CC)CCC. The number of hydrogen-bond donors (Lipinski definition) is 0. The van der Waals surface area contributed by atoms with Gasteiger partial charge in [-0.25, -0.2) is 0 Å². The van der Waals surface area contributed by atoms with Gasteiger partial charge in [0.05, 0.1) is 0 Å². The Morgan fingerprint density at radius 3 is 2.22 bits per heavy atom. The normalized spacial score (nSPS) is 9.22. The second kappa shape index (κ2) is 4.36. The molecule has 0 aliphatic heterocycles. The van der Waals surface area contributed by atoms with Gasteiger partial charge in [-0.05, 0) is 13.3 Å². The van der Waals surface area contributed by atoms with Crippen molar-refractivity contribution in [2.45, 2.75) is 20.3 Å². The average molecular weight is 128 g/mol. The number of amides is 1. The van der Waals surface area contributed by atoms with Crippen LogP contribution in [-0.4, -0.2) is 23.9 Å². The van der Waals surface area contributed by atoms with Crippen LogP contribution in [0.2, 0.25) is 0 Å². The van der Waals surface area contributed by atoms with Gasteiger partial charge in [-0.1, -0.05) is 6.92 Å². The summed E-state index contributed by atoms with van der Waals surface area (Å²) in [5.74, 6) is -0.0700. The van der Waals surface area contributed by atoms with Crippen LogP contribution in [0, 0.1) is 6.92 Å². The first-order chi connectivity index (χ1) is 4.22. The van der Waals surface area contributed by atoms with Crippen LogP contribution in [0.3, 0.4) is 0 Å². The maximum absolute atomic E-state index is 10.6. The molecule has 0 aromatic rings. The van der Waals surface area contributed by atoms with Gasteiger partial charge >= 0.3 is 0 Å². The summed E-state index contributed by atoms with van der Waals surface area (Å²) in [6.07, 6.45) is 1.01. The maximum Gasteiger partial charge on any atom is 0.223 e. The Morgan fingerprint density at radius 2 is 2.11 bits per heavy atom. The minimum atomic E-state index is -0.0700. The van der Waals surface area contributed by atoms with Crippen molar-refractivity contribution in [2.75, 3.05) is 13.1 Å². The fourth-order valence-corrected chi connectivity index (χ4v) is 0.729. The third kappa shape index (κ3) is 3.12. The molecular formula is C7H14NO. The van der Waals surface area contributed by atoms with Gasteiger partial charge in [0, 0.05) is 20.0 Å². The number of hydrogen-bond acceptors (Lipinski definition) is 1. The van der Waals surface area contributed by atoms with Gasteiger partial charge in [-0.2, -0.15) is 0 Å². The lowest BCUT2D eigenvalue weighted by atomic mass is 10.4. The van der Waals surface area contributed by atoms with Gasteiger partial charge in [0.1, 0.15) is 0 Å². The molecule has 0 fully saturated rings. The molecule has 1 amide bonds. The molecule has 0 atom stereocenters. The molecule has 0 saturated carbocycles. The topological polar surface area (TPSA) is 20.3 Å². The molecule has 1 radical (unpaired) electrons. The molecule has 0 aliphatic rings. The predicted octanol–water partition coefficient (Wildman–Crippen LogP) is 1.08. The Balaban J connectivity index is 3.54. The van der Waals surface area contributed by atoms with Gasteiger partial charge in [0.25, 0.3) is 0 Å². The Morgan fingerprint density at radius 1 is 1.56 bits per heavy atom. The second-order valence-corrected chi connectivity index (χ2v) is 1.97. The van der Waals surface area contributed by atoms with E-state index in [-0.39, 0.29) is 5.91 Å². The molecule has 2 heteroatoms. The van der Waals surface area contributed by atoms with Crippen molar-refractivity contribution in [1.82, 2.24) is 4.90 Å². The summed E-state index contributed by atoms with van der Waals surface area (Å²) in [6.45, 7) is 8.93. The highest BCUT2D eigenvalue weighted by Gasteiger charge is 2.01. The van der Waals surface area contributed by atoms with Crippen LogP contribution in [0.5, 0.6) is 0 Å². The van der Waals surface area contributed by atoms with Gasteiger partial charge in [-0.15, -0.1) is 0 Å². The summed E-state index contributed by atoms with van der Waals surface area (Å²) in [5.41, 5.74) is 0. The third-order valence-corrected chi connectivity index (χ3v) is 1.23. The monoisotopic (exact) mass is 128 g/mol. The lowest BCUT2D eigenvalue weighted by Gasteiger charge is -2.16. The van der Waals surface area contributed by atoms with Crippen molar-refractivity contribution >= 4 is 5.91 Å². The van der Waals surface area contributed by atoms with Gasteiger partial charge in [0.2, 0.25) is 5.91 Å². The van der Waals surface area contributed by atoms with E-state index in [1.54, 1.807) is 4.90 Å². The molecule has 0 rings (SSSR count). The summed E-state index contributed by atoms with van der Waals surface area (Å²) in [5, 5.41) is 0. The molecule has 2 nitrogen and oxygen atoms in total. The predicted molar refractivity (Wildman–Crippen MR) is 37.9 cm³/mol. The van der Waals surface area contributed by atoms with Gasteiger partial charge < -0.3 is 4.90 Å². The molecule has 53 valence electrons. The Bertz CT molecular complexity index is 90.9. The van der Waals surface area contributed by atoms with Crippen LogP contribution in [0.1, 0.15) is 20.3 Å². The molecule has 0 unspecified atom stereocenters. The van der Waals surface area contributed by atoms with Crippen molar-refractivity contribution in [3.63, 3.8) is 0 Å². The Hall–Kier alpha value is -0.530. The lowest BCUT2D eigenvalue weighted by molar-refractivity contribution is -0.126. The molecule has 0 heterocycles. The van der Waals surface area contributed by atoms with Crippen molar-refractivity contribution in [3.05, 3.63) is 6.92 Å². The zero-order valence-corrected chi connectivity index (χ0v) is 6.18. The molecule has 0 N–H and O–H groups in total. The smallest absolute Gasteiger partial charge is 0.223 e. The first-order valence-electron chi connectivity index (χ1n) is 3.33. The minimum absolute atomic E-state index is 0.0700. The standard InChI is InChI=1S/C7H14NO/c1-4-6-8(5-2)7(3)9/h3-6H2,1-2H3. The van der Waals surface area contributed by atoms with Crippen LogP contribution in [0.4, 0.5) is 0 Å². The average Bonchev–Trinajstić information content (AvgIpc) is 1.82. The number of nitrogens with zero attached hydrogens (tertiary/aromatic N) is 1. The van der Waals surface area contributed by atoms with Crippen LogP contribution < -0.4 is 0 Å². The highest BCUT2D eigenvalue weighted by atomic mass is 16.2. The van der Waals surface area contributed by atoms with Gasteiger partial charge in [-0.3, -0.25) is 4.79 Å². The summed E-state index contributed by atoms with van der Waals surface area (Å²) in [7, 11) is 0. The molecule has 0 aromatic heterocycles. The number of carbonyl (C=O) groups excluding carboxylic acids is 1. The molecule has 0 saturated heterocycles. The lowest BCUT2D eigenvalue weighted by Crippen LogP contribution is -2.29. The van der Waals surface area contributed by atoms with Crippen molar-refractivity contribution < 1.29 is 4.79 Å². The van der Waals surface area contributed by atoms with Crippen molar-refractivity contribution in [1.29, 1.82) is 0 Å².